The van der Waals surface area contributed by atoms with Gasteiger partial charge in [0.1, 0.15) is 11.6 Å². The molecular weight excluding hydrogens is 380 g/mol. The minimum absolute atomic E-state index is 0.0394. The first-order valence-electron chi connectivity index (χ1n) is 9.93. The number of anilines is 1. The number of nitrogens with zero attached hydrogens (tertiary/aromatic N) is 1. The van der Waals surface area contributed by atoms with Crippen LogP contribution >= 0.6 is 0 Å². The van der Waals surface area contributed by atoms with Gasteiger partial charge >= 0.3 is 0 Å². The van der Waals surface area contributed by atoms with E-state index in [9.17, 15) is 4.79 Å². The molecule has 0 saturated heterocycles. The molecule has 1 amide bonds. The van der Waals surface area contributed by atoms with Gasteiger partial charge in [-0.25, -0.2) is 4.98 Å². The largest absolute Gasteiger partial charge is 0.497 e. The number of nitrogens with one attached hydrogen (secondary N) is 1. The molecule has 30 heavy (non-hydrogen) atoms. The van der Waals surface area contributed by atoms with Crippen LogP contribution in [0.2, 0.25) is 0 Å². The van der Waals surface area contributed by atoms with Gasteiger partial charge in [0, 0.05) is 11.3 Å². The molecule has 3 aromatic rings. The first kappa shape index (κ1) is 18.5. The molecule has 6 nitrogen and oxygen atoms in total. The molecule has 0 unspecified atom stereocenters. The van der Waals surface area contributed by atoms with E-state index >= 15 is 0 Å². The quantitative estimate of drug-likeness (QED) is 0.682. The third-order valence-electron chi connectivity index (χ3n) is 5.82. The monoisotopic (exact) mass is 402 g/mol. The topological polar surface area (TPSA) is 69.7 Å². The lowest BCUT2D eigenvalue weighted by molar-refractivity contribution is -0.118. The van der Waals surface area contributed by atoms with Crippen LogP contribution in [0.5, 0.6) is 17.2 Å². The maximum Gasteiger partial charge on any atom is 0.236 e. The van der Waals surface area contributed by atoms with E-state index in [0.717, 1.165) is 46.7 Å². The minimum Gasteiger partial charge on any atom is -0.497 e. The number of aryl methyl sites for hydroxylation is 1. The summed E-state index contributed by atoms with van der Waals surface area (Å²) in [7, 11) is 1.65. The number of pyridine rings is 1. The number of benzene rings is 2. The second-order valence-electron chi connectivity index (χ2n) is 7.67. The number of ether oxygens (including phenoxy) is 3. The Hall–Kier alpha value is -3.54. The molecule has 2 aromatic carbocycles. The Morgan fingerprint density at radius 3 is 2.67 bits per heavy atom. The van der Waals surface area contributed by atoms with E-state index < -0.39 is 5.41 Å². The lowest BCUT2D eigenvalue weighted by Crippen LogP contribution is -2.28. The molecule has 5 rings (SSSR count). The normalized spacial score (nSPS) is 15.5. The molecule has 0 spiro atoms. The molecule has 2 heterocycles. The van der Waals surface area contributed by atoms with E-state index in [4.69, 9.17) is 14.2 Å². The first-order valence-corrected chi connectivity index (χ1v) is 9.93. The summed E-state index contributed by atoms with van der Waals surface area (Å²) in [6.07, 6.45) is 1.61. The van der Waals surface area contributed by atoms with Gasteiger partial charge in [0.2, 0.25) is 12.7 Å². The van der Waals surface area contributed by atoms with Crippen molar-refractivity contribution in [2.75, 3.05) is 19.2 Å². The fourth-order valence-corrected chi connectivity index (χ4v) is 3.93. The van der Waals surface area contributed by atoms with Gasteiger partial charge in [0.05, 0.1) is 12.5 Å². The van der Waals surface area contributed by atoms with Crippen LogP contribution in [0, 0.1) is 6.92 Å². The summed E-state index contributed by atoms with van der Waals surface area (Å²) in [5.41, 5.74) is 3.30. The molecule has 1 aliphatic carbocycles. The number of carbonyl (C=O) groups excluding carboxylic acids is 1. The summed E-state index contributed by atoms with van der Waals surface area (Å²) >= 11 is 0. The van der Waals surface area contributed by atoms with Crippen molar-refractivity contribution in [3.8, 4) is 28.4 Å². The maximum absolute atomic E-state index is 13.1. The Balaban J connectivity index is 1.37. The number of methoxy groups -OCH3 is 1. The average molecular weight is 402 g/mol. The highest BCUT2D eigenvalue weighted by Gasteiger charge is 2.51. The fourth-order valence-electron chi connectivity index (χ4n) is 3.93. The smallest absolute Gasteiger partial charge is 0.236 e. The molecular formula is C24H22N2O4. The predicted octanol–water partition coefficient (Wildman–Crippen LogP) is 4.46. The zero-order chi connectivity index (χ0) is 20.7. The number of aromatic nitrogens is 1. The molecule has 1 fully saturated rings. The summed E-state index contributed by atoms with van der Waals surface area (Å²) in [6.45, 7) is 2.16. The second kappa shape index (κ2) is 7.06. The van der Waals surface area contributed by atoms with Crippen LogP contribution < -0.4 is 19.5 Å². The average Bonchev–Trinajstić information content (AvgIpc) is 3.45. The number of hydrogen-bond donors (Lipinski definition) is 1. The molecule has 1 saturated carbocycles. The zero-order valence-electron chi connectivity index (χ0n) is 16.9. The van der Waals surface area contributed by atoms with Crippen molar-refractivity contribution in [2.45, 2.75) is 25.2 Å². The van der Waals surface area contributed by atoms with Gasteiger partial charge in [0.15, 0.2) is 11.5 Å². The van der Waals surface area contributed by atoms with E-state index in [0.29, 0.717) is 11.6 Å². The summed E-state index contributed by atoms with van der Waals surface area (Å²) < 4.78 is 16.2. The fraction of sp³-hybridized carbons (Fsp3) is 0.250. The van der Waals surface area contributed by atoms with Gasteiger partial charge in [-0.05, 0) is 67.3 Å². The van der Waals surface area contributed by atoms with E-state index in [1.807, 2.05) is 61.5 Å². The Kier molecular flexibility index (Phi) is 4.35. The lowest BCUT2D eigenvalue weighted by atomic mass is 9.94. The first-order chi connectivity index (χ1) is 14.6. The Labute approximate surface area is 174 Å². The van der Waals surface area contributed by atoms with Gasteiger partial charge in [-0.2, -0.15) is 0 Å². The molecule has 0 atom stereocenters. The van der Waals surface area contributed by atoms with E-state index in [-0.39, 0.29) is 12.7 Å². The van der Waals surface area contributed by atoms with Crippen molar-refractivity contribution in [3.63, 3.8) is 0 Å². The third-order valence-corrected chi connectivity index (χ3v) is 5.82. The predicted molar refractivity (Wildman–Crippen MR) is 113 cm³/mol. The van der Waals surface area contributed by atoms with Crippen LogP contribution in [-0.2, 0) is 10.2 Å². The zero-order valence-corrected chi connectivity index (χ0v) is 16.9. The molecule has 152 valence electrons. The number of fused-ring (bicyclic) bond motifs is 1. The number of amides is 1. The highest BCUT2D eigenvalue weighted by molar-refractivity contribution is 6.01. The molecule has 1 aliphatic heterocycles. The molecule has 0 radical (unpaired) electrons. The maximum atomic E-state index is 13.1. The highest BCUT2D eigenvalue weighted by atomic mass is 16.7. The number of rotatable bonds is 5. The standard InChI is InChI=1S/C24H22N2O4/c1-15-19(16-4-3-5-18(12-16)28-2)7-9-22(25-15)26-23(27)24(10-11-24)17-6-8-20-21(13-17)30-14-29-20/h3-9,12-13H,10-11,14H2,1-2H3,(H,25,26,27). The number of hydrogen-bond acceptors (Lipinski definition) is 5. The van der Waals surface area contributed by atoms with Gasteiger partial charge in [-0.1, -0.05) is 18.2 Å². The minimum atomic E-state index is -0.526. The summed E-state index contributed by atoms with van der Waals surface area (Å²) in [6, 6.07) is 17.4. The van der Waals surface area contributed by atoms with Crippen molar-refractivity contribution in [1.29, 1.82) is 0 Å². The Bertz CT molecular complexity index is 1140. The van der Waals surface area contributed by atoms with E-state index in [2.05, 4.69) is 10.3 Å². The molecule has 6 heteroatoms. The molecule has 1 aromatic heterocycles. The van der Waals surface area contributed by atoms with Crippen LogP contribution in [0.1, 0.15) is 24.1 Å². The summed E-state index contributed by atoms with van der Waals surface area (Å²) in [4.78, 5) is 17.7. The Morgan fingerprint density at radius 2 is 1.90 bits per heavy atom. The third kappa shape index (κ3) is 3.14. The van der Waals surface area contributed by atoms with Crippen LogP contribution in [0.4, 0.5) is 5.82 Å². The summed E-state index contributed by atoms with van der Waals surface area (Å²) in [5, 5.41) is 3.01. The Morgan fingerprint density at radius 1 is 1.07 bits per heavy atom. The van der Waals surface area contributed by atoms with Gasteiger partial charge in [0.25, 0.3) is 0 Å². The molecule has 0 bridgehead atoms. The van der Waals surface area contributed by atoms with Crippen molar-refractivity contribution in [2.24, 2.45) is 0 Å². The number of carbonyl (C=O) groups is 1. The van der Waals surface area contributed by atoms with Gasteiger partial charge in [-0.15, -0.1) is 0 Å². The molecule has 1 N–H and O–H groups in total. The highest BCUT2D eigenvalue weighted by Crippen LogP contribution is 2.51. The van der Waals surface area contributed by atoms with Crippen LogP contribution in [0.25, 0.3) is 11.1 Å². The lowest BCUT2D eigenvalue weighted by Gasteiger charge is -2.17. The van der Waals surface area contributed by atoms with E-state index in [1.54, 1.807) is 7.11 Å². The van der Waals surface area contributed by atoms with Gasteiger partial charge in [-0.3, -0.25) is 4.79 Å². The van der Waals surface area contributed by atoms with E-state index in [1.165, 1.54) is 0 Å². The van der Waals surface area contributed by atoms with Crippen molar-refractivity contribution in [1.82, 2.24) is 4.98 Å². The van der Waals surface area contributed by atoms with Crippen LogP contribution in [-0.4, -0.2) is 24.8 Å². The molecule has 2 aliphatic rings. The van der Waals surface area contributed by atoms with Crippen molar-refractivity contribution < 1.29 is 19.0 Å². The van der Waals surface area contributed by atoms with Crippen LogP contribution in [0.15, 0.2) is 54.6 Å². The van der Waals surface area contributed by atoms with Crippen molar-refractivity contribution in [3.05, 3.63) is 65.9 Å². The SMILES string of the molecule is COc1cccc(-c2ccc(NC(=O)C3(c4ccc5c(c4)OCO5)CC3)nc2C)c1. The second-order valence-corrected chi connectivity index (χ2v) is 7.67. The van der Waals surface area contributed by atoms with Gasteiger partial charge < -0.3 is 19.5 Å². The summed E-state index contributed by atoms with van der Waals surface area (Å²) in [5.74, 6) is 2.73. The van der Waals surface area contributed by atoms with Crippen molar-refractivity contribution >= 4 is 11.7 Å². The van der Waals surface area contributed by atoms with Crippen LogP contribution in [0.3, 0.4) is 0 Å².